The minimum Gasteiger partial charge on any atom is -0.381 e. The molecule has 2 fully saturated rings. The highest BCUT2D eigenvalue weighted by atomic mass is 32.2. The van der Waals surface area contributed by atoms with Gasteiger partial charge in [0.1, 0.15) is 11.5 Å². The van der Waals surface area contributed by atoms with E-state index in [2.05, 4.69) is 25.3 Å². The van der Waals surface area contributed by atoms with Crippen LogP contribution in [0.5, 0.6) is 0 Å². The molecule has 1 amide bonds. The van der Waals surface area contributed by atoms with Crippen molar-refractivity contribution in [2.45, 2.75) is 28.7 Å². The normalized spacial score (nSPS) is 16.6. The molecule has 0 spiro atoms. The number of morpholine rings is 1. The smallest absolute Gasteiger partial charge is 0.250 e. The number of nitrogens with two attached hydrogens (primary N) is 1. The number of hydrogen-bond acceptors (Lipinski definition) is 9. The highest BCUT2D eigenvalue weighted by molar-refractivity contribution is 7.91. The van der Waals surface area contributed by atoms with E-state index in [1.807, 2.05) is 13.1 Å². The molecule has 0 radical (unpaired) electrons. The van der Waals surface area contributed by atoms with Crippen molar-refractivity contribution in [3.8, 4) is 11.3 Å². The number of benzene rings is 3. The third-order valence-corrected chi connectivity index (χ3v) is 10.2. The zero-order valence-corrected chi connectivity index (χ0v) is 25.9. The maximum absolute atomic E-state index is 14.0. The van der Waals surface area contributed by atoms with Gasteiger partial charge < -0.3 is 25.4 Å². The van der Waals surface area contributed by atoms with Crippen molar-refractivity contribution in [1.82, 2.24) is 15.1 Å². The van der Waals surface area contributed by atoms with Crippen molar-refractivity contribution in [3.63, 3.8) is 0 Å². The topological polar surface area (TPSA) is 143 Å². The van der Waals surface area contributed by atoms with Crippen molar-refractivity contribution in [2.24, 2.45) is 5.73 Å². The molecule has 45 heavy (non-hydrogen) atoms. The molecule has 0 atom stereocenters. The molecule has 0 aliphatic carbocycles. The lowest BCUT2D eigenvalue weighted by molar-refractivity contribution is 0.0393. The minimum atomic E-state index is -4.04. The zero-order chi connectivity index (χ0) is 31.6. The van der Waals surface area contributed by atoms with Crippen LogP contribution < -0.4 is 16.0 Å². The Morgan fingerprint density at radius 2 is 1.80 bits per heavy atom. The molecule has 11 nitrogen and oxygen atoms in total. The summed E-state index contributed by atoms with van der Waals surface area (Å²) in [6.07, 6.45) is 1.48. The van der Waals surface area contributed by atoms with Crippen LogP contribution in [0.25, 0.3) is 22.2 Å². The van der Waals surface area contributed by atoms with Crippen molar-refractivity contribution < 1.29 is 27.1 Å². The van der Waals surface area contributed by atoms with Gasteiger partial charge in [0, 0.05) is 63.6 Å². The Balaban J connectivity index is 1.49. The van der Waals surface area contributed by atoms with Gasteiger partial charge in [-0.1, -0.05) is 6.07 Å². The number of aromatic amines is 1. The number of sulfone groups is 1. The first-order chi connectivity index (χ1) is 21.7. The van der Waals surface area contributed by atoms with Crippen LogP contribution in [-0.4, -0.2) is 95.1 Å². The summed E-state index contributed by atoms with van der Waals surface area (Å²) >= 11 is 0. The number of carbonyl (C=O) groups is 1. The quantitative estimate of drug-likeness (QED) is 0.238. The summed E-state index contributed by atoms with van der Waals surface area (Å²) in [5.41, 5.74) is 9.27. The number of halogens is 1. The molecule has 3 heterocycles. The molecule has 0 bridgehead atoms. The molecule has 6 rings (SSSR count). The molecule has 4 N–H and O–H groups in total. The number of carbonyl (C=O) groups excluding carboxylic acids is 1. The predicted octanol–water partition coefficient (Wildman–Crippen LogP) is 3.66. The number of anilines is 2. The molecule has 2 aliphatic rings. The largest absolute Gasteiger partial charge is 0.381 e. The summed E-state index contributed by atoms with van der Waals surface area (Å²) in [5, 5.41) is 11.8. The number of H-pyrrole nitrogens is 1. The summed E-state index contributed by atoms with van der Waals surface area (Å²) in [7, 11) is -2.06. The van der Waals surface area contributed by atoms with Crippen molar-refractivity contribution >= 4 is 38.0 Å². The second-order valence-electron chi connectivity index (χ2n) is 11.4. The van der Waals surface area contributed by atoms with E-state index in [1.54, 1.807) is 18.2 Å². The van der Waals surface area contributed by atoms with Crippen LogP contribution in [0.1, 0.15) is 23.2 Å². The van der Waals surface area contributed by atoms with E-state index in [0.29, 0.717) is 66.4 Å². The monoisotopic (exact) mass is 636 g/mol. The number of amides is 1. The van der Waals surface area contributed by atoms with Crippen LogP contribution in [0, 0.1) is 5.82 Å². The SMILES string of the molecule is CN(CCN1CCOCC1)c1ccc(C(N)=O)c(NC2CCOCC2)c1-c1n[nH]c2ccc(S(=O)(=O)c3cccc(F)c3)cc12. The third-order valence-electron chi connectivity index (χ3n) is 8.47. The number of fused-ring (bicyclic) bond motifs is 1. The van der Waals surface area contributed by atoms with E-state index < -0.39 is 21.6 Å². The van der Waals surface area contributed by atoms with Crippen molar-refractivity contribution in [1.29, 1.82) is 0 Å². The summed E-state index contributed by atoms with van der Waals surface area (Å²) in [5.74, 6) is -1.24. The van der Waals surface area contributed by atoms with Gasteiger partial charge in [-0.15, -0.1) is 0 Å². The van der Waals surface area contributed by atoms with Gasteiger partial charge in [-0.3, -0.25) is 14.8 Å². The van der Waals surface area contributed by atoms with E-state index in [1.165, 1.54) is 24.3 Å². The number of aromatic nitrogens is 2. The van der Waals surface area contributed by atoms with Gasteiger partial charge in [0.25, 0.3) is 5.91 Å². The summed E-state index contributed by atoms with van der Waals surface area (Å²) < 4.78 is 52.2. The van der Waals surface area contributed by atoms with Crippen LogP contribution in [0.4, 0.5) is 15.8 Å². The first kappa shape index (κ1) is 31.0. The average Bonchev–Trinajstić information content (AvgIpc) is 3.47. The number of primary amides is 1. The van der Waals surface area contributed by atoms with Gasteiger partial charge >= 0.3 is 0 Å². The Bertz CT molecular complexity index is 1800. The second-order valence-corrected chi connectivity index (χ2v) is 13.3. The first-order valence-corrected chi connectivity index (χ1v) is 16.5. The van der Waals surface area contributed by atoms with Gasteiger partial charge in [-0.25, -0.2) is 12.8 Å². The molecule has 2 aliphatic heterocycles. The summed E-state index contributed by atoms with van der Waals surface area (Å²) in [6.45, 7) is 5.76. The van der Waals surface area contributed by atoms with Gasteiger partial charge in [-0.2, -0.15) is 5.10 Å². The minimum absolute atomic E-state index is 0.00420. The Morgan fingerprint density at radius 3 is 2.53 bits per heavy atom. The van der Waals surface area contributed by atoms with E-state index >= 15 is 0 Å². The summed E-state index contributed by atoms with van der Waals surface area (Å²) in [6, 6.07) is 13.2. The second kappa shape index (κ2) is 13.1. The number of nitrogens with one attached hydrogen (secondary N) is 2. The fourth-order valence-electron chi connectivity index (χ4n) is 5.91. The van der Waals surface area contributed by atoms with Crippen LogP contribution in [0.2, 0.25) is 0 Å². The Labute approximate surface area is 261 Å². The van der Waals surface area contributed by atoms with Crippen LogP contribution in [-0.2, 0) is 19.3 Å². The average molecular weight is 637 g/mol. The lowest BCUT2D eigenvalue weighted by atomic mass is 9.97. The van der Waals surface area contributed by atoms with Crippen molar-refractivity contribution in [3.05, 3.63) is 66.0 Å². The Morgan fingerprint density at radius 1 is 1.07 bits per heavy atom. The highest BCUT2D eigenvalue weighted by Gasteiger charge is 2.27. The first-order valence-electron chi connectivity index (χ1n) is 15.0. The van der Waals surface area contributed by atoms with Crippen LogP contribution in [0.15, 0.2) is 64.4 Å². The molecule has 1 aromatic heterocycles. The molecular formula is C32H37FN6O5S. The van der Waals surface area contributed by atoms with E-state index in [-0.39, 0.29) is 15.8 Å². The number of likely N-dealkylation sites (N-methyl/N-ethyl adjacent to an activating group) is 1. The molecule has 4 aromatic rings. The lowest BCUT2D eigenvalue weighted by Crippen LogP contribution is -2.40. The van der Waals surface area contributed by atoms with Crippen LogP contribution >= 0.6 is 0 Å². The van der Waals surface area contributed by atoms with Crippen LogP contribution in [0.3, 0.4) is 0 Å². The maximum Gasteiger partial charge on any atom is 0.250 e. The Hall–Kier alpha value is -4.04. The molecule has 13 heteroatoms. The van der Waals surface area contributed by atoms with E-state index in [4.69, 9.17) is 15.2 Å². The molecule has 238 valence electrons. The van der Waals surface area contributed by atoms with E-state index in [0.717, 1.165) is 44.2 Å². The van der Waals surface area contributed by atoms with Gasteiger partial charge in [-0.05, 0) is 61.4 Å². The fourth-order valence-corrected chi connectivity index (χ4v) is 7.23. The molecule has 2 saturated heterocycles. The zero-order valence-electron chi connectivity index (χ0n) is 25.1. The fraction of sp³-hybridized carbons (Fsp3) is 0.375. The molecule has 3 aromatic carbocycles. The van der Waals surface area contributed by atoms with Crippen molar-refractivity contribution in [2.75, 3.05) is 69.9 Å². The van der Waals surface area contributed by atoms with E-state index in [9.17, 15) is 17.6 Å². The molecule has 0 saturated carbocycles. The third kappa shape index (κ3) is 6.52. The predicted molar refractivity (Wildman–Crippen MR) is 170 cm³/mol. The summed E-state index contributed by atoms with van der Waals surface area (Å²) in [4.78, 5) is 17.1. The number of hydrogen-bond donors (Lipinski definition) is 3. The molecular weight excluding hydrogens is 599 g/mol. The van der Waals surface area contributed by atoms with Gasteiger partial charge in [0.2, 0.25) is 9.84 Å². The maximum atomic E-state index is 14.0. The number of rotatable bonds is 10. The Kier molecular flexibility index (Phi) is 9.04. The standard InChI is InChI=1S/C32H37FN6O5S/c1-38(11-12-39-13-17-44-18-14-39)28-8-6-25(32(34)40)30(35-22-9-15-43-16-10-22)29(28)31-26-20-24(5-7-27(26)36-37-31)45(41,42)23-4-2-3-21(33)19-23/h2-8,19-20,22,35H,9-18H2,1H3,(H2,34,40)(H,36,37). The number of ether oxygens (including phenoxy) is 2. The number of nitrogens with zero attached hydrogens (tertiary/aromatic N) is 3. The highest BCUT2D eigenvalue weighted by Crippen LogP contribution is 2.43. The molecule has 0 unspecified atom stereocenters. The van der Waals surface area contributed by atoms with Gasteiger partial charge in [0.05, 0.1) is 45.3 Å². The lowest BCUT2D eigenvalue weighted by Gasteiger charge is -2.31. The van der Waals surface area contributed by atoms with Gasteiger partial charge in [0.15, 0.2) is 0 Å².